The van der Waals surface area contributed by atoms with Gasteiger partial charge in [0.2, 0.25) is 11.8 Å². The highest BCUT2D eigenvalue weighted by Gasteiger charge is 2.18. The molecule has 1 aliphatic heterocycles. The van der Waals surface area contributed by atoms with Crippen LogP contribution in [0.2, 0.25) is 0 Å². The average molecular weight is 232 g/mol. The lowest BCUT2D eigenvalue weighted by atomic mass is 10.1. The highest BCUT2D eigenvalue weighted by atomic mass is 16.5. The second kappa shape index (κ2) is 5.48. The van der Waals surface area contributed by atoms with Crippen molar-refractivity contribution in [1.29, 1.82) is 0 Å². The molecule has 0 aromatic heterocycles. The fourth-order valence-corrected chi connectivity index (χ4v) is 1.76. The van der Waals surface area contributed by atoms with Gasteiger partial charge >= 0.3 is 0 Å². The fraction of sp³-hybridized carbons (Fsp3) is 0.385. The van der Waals surface area contributed by atoms with Crippen LogP contribution >= 0.6 is 0 Å². The van der Waals surface area contributed by atoms with Crippen molar-refractivity contribution >= 4 is 11.8 Å². The van der Waals surface area contributed by atoms with Gasteiger partial charge in [-0.1, -0.05) is 30.3 Å². The van der Waals surface area contributed by atoms with E-state index >= 15 is 0 Å². The van der Waals surface area contributed by atoms with Gasteiger partial charge in [-0.15, -0.1) is 0 Å². The number of nitrogens with zero attached hydrogens (tertiary/aromatic N) is 1. The van der Waals surface area contributed by atoms with Gasteiger partial charge in [-0.25, -0.2) is 4.99 Å². The molecule has 90 valence electrons. The third-order valence-electron chi connectivity index (χ3n) is 2.57. The Morgan fingerprint density at radius 2 is 2.24 bits per heavy atom. The van der Waals surface area contributed by atoms with E-state index in [0.717, 1.165) is 6.42 Å². The van der Waals surface area contributed by atoms with Gasteiger partial charge in [0.15, 0.2) is 0 Å². The first-order valence-corrected chi connectivity index (χ1v) is 5.72. The van der Waals surface area contributed by atoms with E-state index in [1.165, 1.54) is 12.5 Å². The Morgan fingerprint density at radius 3 is 2.94 bits per heavy atom. The van der Waals surface area contributed by atoms with Crippen molar-refractivity contribution in [3.63, 3.8) is 0 Å². The Labute approximate surface area is 101 Å². The van der Waals surface area contributed by atoms with Gasteiger partial charge in [0.1, 0.15) is 6.61 Å². The van der Waals surface area contributed by atoms with E-state index < -0.39 is 0 Å². The molecule has 1 heterocycles. The molecule has 0 spiro atoms. The standard InChI is InChI=1S/C13H16N2O2/c1-10(16)14-8-13-15-12(9-17-13)7-11-5-3-2-4-6-11/h2-6,12H,7-9H2,1H3,(H,14,16). The van der Waals surface area contributed by atoms with E-state index in [-0.39, 0.29) is 11.9 Å². The number of ether oxygens (including phenoxy) is 1. The van der Waals surface area contributed by atoms with Gasteiger partial charge in [0.05, 0.1) is 12.6 Å². The molecular formula is C13H16N2O2. The minimum Gasteiger partial charge on any atom is -0.477 e. The maximum Gasteiger partial charge on any atom is 0.217 e. The molecule has 0 saturated heterocycles. The van der Waals surface area contributed by atoms with Crippen LogP contribution in [0.3, 0.4) is 0 Å². The van der Waals surface area contributed by atoms with Crippen molar-refractivity contribution in [2.75, 3.05) is 13.2 Å². The lowest BCUT2D eigenvalue weighted by molar-refractivity contribution is -0.118. The Kier molecular flexibility index (Phi) is 3.75. The zero-order chi connectivity index (χ0) is 12.1. The van der Waals surface area contributed by atoms with Crippen LogP contribution in [0.15, 0.2) is 35.3 Å². The summed E-state index contributed by atoms with van der Waals surface area (Å²) in [5.74, 6) is 0.559. The Morgan fingerprint density at radius 1 is 1.47 bits per heavy atom. The molecule has 0 bridgehead atoms. The SMILES string of the molecule is CC(=O)NCC1=NC(Cc2ccccc2)CO1. The molecule has 1 aromatic rings. The minimum absolute atomic E-state index is 0.0668. The van der Waals surface area contributed by atoms with E-state index in [2.05, 4.69) is 22.4 Å². The Hall–Kier alpha value is -1.84. The first-order valence-electron chi connectivity index (χ1n) is 5.72. The molecule has 0 fully saturated rings. The van der Waals surface area contributed by atoms with Crippen LogP contribution in [0.1, 0.15) is 12.5 Å². The lowest BCUT2D eigenvalue weighted by Crippen LogP contribution is -2.27. The van der Waals surface area contributed by atoms with Crippen LogP contribution in [0.5, 0.6) is 0 Å². The molecule has 1 unspecified atom stereocenters. The molecule has 1 atom stereocenters. The van der Waals surface area contributed by atoms with Gasteiger partial charge in [-0.3, -0.25) is 4.79 Å². The van der Waals surface area contributed by atoms with Crippen molar-refractivity contribution in [2.24, 2.45) is 4.99 Å². The van der Waals surface area contributed by atoms with Crippen LogP contribution in [-0.4, -0.2) is 31.0 Å². The molecule has 0 radical (unpaired) electrons. The Bertz CT molecular complexity index is 415. The number of benzene rings is 1. The van der Waals surface area contributed by atoms with Gasteiger partial charge in [-0.2, -0.15) is 0 Å². The highest BCUT2D eigenvalue weighted by Crippen LogP contribution is 2.11. The first kappa shape index (κ1) is 11.6. The lowest BCUT2D eigenvalue weighted by Gasteiger charge is -2.04. The number of rotatable bonds is 4. The molecule has 0 aliphatic carbocycles. The molecule has 1 N–H and O–H groups in total. The summed E-state index contributed by atoms with van der Waals surface area (Å²) in [6.45, 7) is 2.47. The van der Waals surface area contributed by atoms with Gasteiger partial charge in [0, 0.05) is 6.92 Å². The molecule has 0 saturated carbocycles. The maximum atomic E-state index is 10.8. The van der Waals surface area contributed by atoms with Gasteiger partial charge in [0.25, 0.3) is 0 Å². The summed E-state index contributed by atoms with van der Waals surface area (Å²) in [6.07, 6.45) is 0.879. The van der Waals surface area contributed by atoms with Crippen molar-refractivity contribution in [1.82, 2.24) is 5.32 Å². The van der Waals surface area contributed by atoms with Crippen LogP contribution < -0.4 is 5.32 Å². The summed E-state index contributed by atoms with van der Waals surface area (Å²) in [6, 6.07) is 10.4. The normalized spacial score (nSPS) is 18.4. The third-order valence-corrected chi connectivity index (χ3v) is 2.57. The molecule has 1 aromatic carbocycles. The third kappa shape index (κ3) is 3.59. The van der Waals surface area contributed by atoms with Crippen molar-refractivity contribution in [2.45, 2.75) is 19.4 Å². The molecule has 1 aliphatic rings. The summed E-state index contributed by atoms with van der Waals surface area (Å²) >= 11 is 0. The molecule has 4 nitrogen and oxygen atoms in total. The molecule has 4 heteroatoms. The second-order valence-corrected chi connectivity index (χ2v) is 4.09. The van der Waals surface area contributed by atoms with Gasteiger partial charge in [-0.05, 0) is 12.0 Å². The van der Waals surface area contributed by atoms with E-state index in [4.69, 9.17) is 4.74 Å². The zero-order valence-electron chi connectivity index (χ0n) is 9.85. The van der Waals surface area contributed by atoms with Gasteiger partial charge < -0.3 is 10.1 Å². The smallest absolute Gasteiger partial charge is 0.217 e. The highest BCUT2D eigenvalue weighted by molar-refractivity contribution is 5.84. The number of hydrogen-bond donors (Lipinski definition) is 1. The van der Waals surface area contributed by atoms with E-state index in [0.29, 0.717) is 19.0 Å². The maximum absolute atomic E-state index is 10.8. The van der Waals surface area contributed by atoms with E-state index in [1.807, 2.05) is 18.2 Å². The quantitative estimate of drug-likeness (QED) is 0.847. The molecule has 17 heavy (non-hydrogen) atoms. The number of amides is 1. The fourth-order valence-electron chi connectivity index (χ4n) is 1.76. The summed E-state index contributed by atoms with van der Waals surface area (Å²) in [4.78, 5) is 15.2. The Balaban J connectivity index is 1.86. The molecule has 2 rings (SSSR count). The van der Waals surface area contributed by atoms with E-state index in [9.17, 15) is 4.79 Å². The van der Waals surface area contributed by atoms with Crippen molar-refractivity contribution in [3.05, 3.63) is 35.9 Å². The largest absolute Gasteiger partial charge is 0.477 e. The number of aliphatic imine (C=N–C) groups is 1. The number of carbonyl (C=O) groups excluding carboxylic acids is 1. The summed E-state index contributed by atoms with van der Waals surface area (Å²) < 4.78 is 5.42. The number of carbonyl (C=O) groups is 1. The van der Waals surface area contributed by atoms with Crippen LogP contribution in [0, 0.1) is 0 Å². The van der Waals surface area contributed by atoms with Crippen LogP contribution in [0.25, 0.3) is 0 Å². The number of hydrogen-bond acceptors (Lipinski definition) is 3. The second-order valence-electron chi connectivity index (χ2n) is 4.09. The minimum atomic E-state index is -0.0668. The van der Waals surface area contributed by atoms with E-state index in [1.54, 1.807) is 0 Å². The predicted molar refractivity (Wildman–Crippen MR) is 66.0 cm³/mol. The summed E-state index contributed by atoms with van der Waals surface area (Å²) in [5, 5.41) is 2.68. The number of nitrogens with one attached hydrogen (secondary N) is 1. The zero-order valence-corrected chi connectivity index (χ0v) is 9.85. The van der Waals surface area contributed by atoms with Crippen molar-refractivity contribution in [3.8, 4) is 0 Å². The topological polar surface area (TPSA) is 50.7 Å². The van der Waals surface area contributed by atoms with Crippen LogP contribution in [0.4, 0.5) is 0 Å². The average Bonchev–Trinajstić information content (AvgIpc) is 2.75. The molecule has 1 amide bonds. The first-order chi connectivity index (χ1) is 8.24. The monoisotopic (exact) mass is 232 g/mol. The van der Waals surface area contributed by atoms with Crippen molar-refractivity contribution < 1.29 is 9.53 Å². The summed E-state index contributed by atoms with van der Waals surface area (Å²) in [7, 11) is 0. The summed E-state index contributed by atoms with van der Waals surface area (Å²) in [5.41, 5.74) is 1.26. The molecular weight excluding hydrogens is 216 g/mol. The predicted octanol–water partition coefficient (Wildman–Crippen LogP) is 1.16. The van der Waals surface area contributed by atoms with Crippen LogP contribution in [-0.2, 0) is 16.0 Å².